The van der Waals surface area contributed by atoms with Gasteiger partial charge in [-0.25, -0.2) is 9.48 Å². The summed E-state index contributed by atoms with van der Waals surface area (Å²) in [7, 11) is 5.59. The Kier molecular flexibility index (Phi) is 4.54. The number of anilines is 1. The zero-order valence-electron chi connectivity index (χ0n) is 13.4. The lowest BCUT2D eigenvalue weighted by Crippen LogP contribution is -2.16. The molecule has 3 aromatic rings. The number of hydrogen-bond donors (Lipinski definition) is 2. The minimum atomic E-state index is -1.25. The minimum Gasteiger partial charge on any atom is -0.476 e. The Morgan fingerprint density at radius 1 is 1.12 bits per heavy atom. The molecule has 0 aliphatic heterocycles. The lowest BCUT2D eigenvalue weighted by molar-refractivity contribution is 0.0688. The van der Waals surface area contributed by atoms with Crippen LogP contribution in [-0.4, -0.2) is 34.6 Å². The number of carboxylic acids is 1. The van der Waals surface area contributed by atoms with E-state index in [4.69, 9.17) is 13.1 Å². The van der Waals surface area contributed by atoms with Gasteiger partial charge in [0.2, 0.25) is 0 Å². The molecule has 124 valence electrons. The number of nitriles is 1. The highest BCUT2D eigenvalue weighted by atomic mass is 16.4. The summed E-state index contributed by atoms with van der Waals surface area (Å²) in [6.07, 6.45) is 1.26. The van der Waals surface area contributed by atoms with Crippen LogP contribution in [0.15, 0.2) is 54.7 Å². The molecule has 1 heterocycles. The summed E-state index contributed by atoms with van der Waals surface area (Å²) in [4.78, 5) is 24.0. The Labute approximate surface area is 149 Å². The van der Waals surface area contributed by atoms with Crippen molar-refractivity contribution in [2.24, 2.45) is 0 Å². The highest BCUT2D eigenvalue weighted by Gasteiger charge is 2.21. The number of amides is 1. The predicted molar refractivity (Wildman–Crippen MR) is 95.0 cm³/mol. The highest BCUT2D eigenvalue weighted by Crippen LogP contribution is 2.20. The molecule has 0 spiro atoms. The Hall–Kier alpha value is -3.86. The van der Waals surface area contributed by atoms with Crippen LogP contribution in [0.5, 0.6) is 0 Å². The van der Waals surface area contributed by atoms with Crippen LogP contribution in [0.25, 0.3) is 5.69 Å². The van der Waals surface area contributed by atoms with Gasteiger partial charge in [0, 0.05) is 5.56 Å². The third-order valence-corrected chi connectivity index (χ3v) is 3.63. The van der Waals surface area contributed by atoms with Gasteiger partial charge in [0.05, 0.1) is 29.2 Å². The van der Waals surface area contributed by atoms with Gasteiger partial charge in [0.1, 0.15) is 7.85 Å². The number of nitrogens with zero attached hydrogens (tertiary/aromatic N) is 3. The molecular formula is C18H11BN4O3. The van der Waals surface area contributed by atoms with Gasteiger partial charge in [0.15, 0.2) is 5.69 Å². The average Bonchev–Trinajstić information content (AvgIpc) is 3.06. The van der Waals surface area contributed by atoms with Crippen molar-refractivity contribution in [3.63, 3.8) is 0 Å². The number of aromatic carboxylic acids is 1. The second-order valence-corrected chi connectivity index (χ2v) is 5.36. The zero-order chi connectivity index (χ0) is 18.7. The SMILES string of the molecule is [B]c1ccc(C(=O)Nc2cnn(-c3ccc(C#N)cc3)c2C(=O)O)cc1. The molecule has 8 heteroatoms. The molecule has 2 N–H and O–H groups in total. The molecule has 0 aliphatic rings. The second kappa shape index (κ2) is 6.95. The van der Waals surface area contributed by atoms with E-state index in [1.54, 1.807) is 36.4 Å². The van der Waals surface area contributed by atoms with Crippen LogP contribution < -0.4 is 10.8 Å². The molecule has 7 nitrogen and oxygen atoms in total. The van der Waals surface area contributed by atoms with E-state index in [0.717, 1.165) is 0 Å². The fourth-order valence-electron chi connectivity index (χ4n) is 2.35. The number of hydrogen-bond acceptors (Lipinski definition) is 4. The summed E-state index contributed by atoms with van der Waals surface area (Å²) in [5.41, 5.74) is 1.61. The number of carbonyl (C=O) groups is 2. The molecule has 0 atom stereocenters. The van der Waals surface area contributed by atoms with Gasteiger partial charge in [-0.2, -0.15) is 10.4 Å². The van der Waals surface area contributed by atoms with E-state index in [1.807, 2.05) is 6.07 Å². The van der Waals surface area contributed by atoms with Gasteiger partial charge < -0.3 is 10.4 Å². The van der Waals surface area contributed by atoms with E-state index in [-0.39, 0.29) is 11.4 Å². The van der Waals surface area contributed by atoms with E-state index in [2.05, 4.69) is 10.4 Å². The van der Waals surface area contributed by atoms with E-state index in [1.165, 1.54) is 23.0 Å². The molecule has 2 aromatic carbocycles. The molecule has 0 saturated heterocycles. The van der Waals surface area contributed by atoms with Crippen molar-refractivity contribution < 1.29 is 14.7 Å². The zero-order valence-corrected chi connectivity index (χ0v) is 13.4. The Morgan fingerprint density at radius 3 is 2.35 bits per heavy atom. The molecule has 1 aromatic heterocycles. The van der Waals surface area contributed by atoms with Crippen LogP contribution in [-0.2, 0) is 0 Å². The molecule has 1 amide bonds. The largest absolute Gasteiger partial charge is 0.476 e. The third-order valence-electron chi connectivity index (χ3n) is 3.63. The summed E-state index contributed by atoms with van der Waals surface area (Å²) in [5.74, 6) is -1.73. The summed E-state index contributed by atoms with van der Waals surface area (Å²) in [6, 6.07) is 14.5. The van der Waals surface area contributed by atoms with Crippen LogP contribution in [0.4, 0.5) is 5.69 Å². The van der Waals surface area contributed by atoms with Crippen LogP contribution in [0.3, 0.4) is 0 Å². The van der Waals surface area contributed by atoms with E-state index in [9.17, 15) is 14.7 Å². The topological polar surface area (TPSA) is 108 Å². The summed E-state index contributed by atoms with van der Waals surface area (Å²) >= 11 is 0. The second-order valence-electron chi connectivity index (χ2n) is 5.36. The molecule has 0 fully saturated rings. The van der Waals surface area contributed by atoms with E-state index < -0.39 is 11.9 Å². The predicted octanol–water partition coefficient (Wildman–Crippen LogP) is 1.49. The molecule has 0 saturated carbocycles. The summed E-state index contributed by atoms with van der Waals surface area (Å²) in [5, 5.41) is 25.0. The van der Waals surface area contributed by atoms with Gasteiger partial charge in [-0.05, 0) is 24.3 Å². The number of nitrogens with one attached hydrogen (secondary N) is 1. The first-order valence-electron chi connectivity index (χ1n) is 7.48. The molecule has 0 unspecified atom stereocenters. The summed E-state index contributed by atoms with van der Waals surface area (Å²) in [6.45, 7) is 0. The van der Waals surface area contributed by atoms with Crippen molar-refractivity contribution in [2.75, 3.05) is 5.32 Å². The van der Waals surface area contributed by atoms with Gasteiger partial charge in [-0.15, -0.1) is 0 Å². The Balaban J connectivity index is 1.94. The molecule has 2 radical (unpaired) electrons. The lowest BCUT2D eigenvalue weighted by atomic mass is 9.95. The van der Waals surface area contributed by atoms with Crippen molar-refractivity contribution in [1.29, 1.82) is 5.26 Å². The van der Waals surface area contributed by atoms with Crippen molar-refractivity contribution in [3.05, 3.63) is 71.5 Å². The third kappa shape index (κ3) is 3.32. The van der Waals surface area contributed by atoms with Crippen molar-refractivity contribution in [2.45, 2.75) is 0 Å². The first-order valence-corrected chi connectivity index (χ1v) is 7.48. The van der Waals surface area contributed by atoms with Gasteiger partial charge in [-0.1, -0.05) is 29.7 Å². The highest BCUT2D eigenvalue weighted by molar-refractivity contribution is 6.32. The van der Waals surface area contributed by atoms with E-state index in [0.29, 0.717) is 22.3 Å². The van der Waals surface area contributed by atoms with Crippen molar-refractivity contribution in [1.82, 2.24) is 9.78 Å². The monoisotopic (exact) mass is 342 g/mol. The molecule has 3 rings (SSSR count). The maximum Gasteiger partial charge on any atom is 0.356 e. The molecule has 0 bridgehead atoms. The van der Waals surface area contributed by atoms with Crippen molar-refractivity contribution in [3.8, 4) is 11.8 Å². The summed E-state index contributed by atoms with van der Waals surface area (Å²) < 4.78 is 1.18. The van der Waals surface area contributed by atoms with Gasteiger partial charge in [-0.3, -0.25) is 4.79 Å². The van der Waals surface area contributed by atoms with Crippen LogP contribution >= 0.6 is 0 Å². The number of aromatic nitrogens is 2. The standard InChI is InChI=1S/C18H11BN4O3/c19-13-5-3-12(4-6-13)17(24)22-15-10-21-23(16(15)18(25)26)14-7-1-11(9-20)2-8-14/h1-8,10H,(H,22,24)(H,25,26). The quantitative estimate of drug-likeness (QED) is 0.699. The minimum absolute atomic E-state index is 0.0590. The average molecular weight is 342 g/mol. The van der Waals surface area contributed by atoms with Crippen LogP contribution in [0.2, 0.25) is 0 Å². The maximum absolute atomic E-state index is 12.3. The number of rotatable bonds is 4. The number of carboxylic acid groups (broad SMARTS) is 1. The molecule has 26 heavy (non-hydrogen) atoms. The molecule has 0 aliphatic carbocycles. The van der Waals surface area contributed by atoms with E-state index >= 15 is 0 Å². The van der Waals surface area contributed by atoms with Crippen LogP contribution in [0, 0.1) is 11.3 Å². The maximum atomic E-state index is 12.3. The van der Waals surface area contributed by atoms with Gasteiger partial charge in [0.25, 0.3) is 5.91 Å². The molecular weight excluding hydrogens is 331 g/mol. The number of benzene rings is 2. The Morgan fingerprint density at radius 2 is 1.77 bits per heavy atom. The first kappa shape index (κ1) is 17.0. The van der Waals surface area contributed by atoms with Crippen molar-refractivity contribution >= 4 is 30.9 Å². The Bertz CT molecular complexity index is 1020. The normalized spacial score (nSPS) is 10.1. The number of carbonyl (C=O) groups excluding carboxylic acids is 1. The smallest absolute Gasteiger partial charge is 0.356 e. The first-order chi connectivity index (χ1) is 12.5. The van der Waals surface area contributed by atoms with Gasteiger partial charge >= 0.3 is 5.97 Å². The fraction of sp³-hybridized carbons (Fsp3) is 0. The fourth-order valence-corrected chi connectivity index (χ4v) is 2.35. The van der Waals surface area contributed by atoms with Crippen LogP contribution in [0.1, 0.15) is 26.4 Å². The lowest BCUT2D eigenvalue weighted by Gasteiger charge is -2.07.